The van der Waals surface area contributed by atoms with Gasteiger partial charge in [-0.2, -0.15) is 19.8 Å². The highest BCUT2D eigenvalue weighted by molar-refractivity contribution is 7.85. The zero-order valence-electron chi connectivity index (χ0n) is 24.6. The molecule has 0 saturated heterocycles. The van der Waals surface area contributed by atoms with Crippen molar-refractivity contribution in [2.75, 3.05) is 17.6 Å². The minimum atomic E-state index is -4.17. The Balaban J connectivity index is 1.19. The highest BCUT2D eigenvalue weighted by atomic mass is 32.2. The van der Waals surface area contributed by atoms with Crippen molar-refractivity contribution >= 4 is 49.9 Å². The van der Waals surface area contributed by atoms with Crippen LogP contribution in [0.15, 0.2) is 124 Å². The lowest BCUT2D eigenvalue weighted by atomic mass is 9.89. The minimum Gasteiger partial charge on any atom is -0.456 e. The Morgan fingerprint density at radius 1 is 0.826 bits per heavy atom. The van der Waals surface area contributed by atoms with Crippen molar-refractivity contribution in [3.63, 3.8) is 0 Å². The smallest absolute Gasteiger partial charge is 0.266 e. The number of thiophene rings is 1. The molecule has 0 aliphatic heterocycles. The van der Waals surface area contributed by atoms with E-state index in [0.717, 1.165) is 44.5 Å². The van der Waals surface area contributed by atoms with Crippen LogP contribution in [0.25, 0.3) is 33.4 Å². The Hall–Kier alpha value is -5.03. The maximum Gasteiger partial charge on any atom is 0.266 e. The number of furan rings is 1. The average molecular weight is 651 g/mol. The number of rotatable bonds is 11. The molecule has 232 valence electrons. The fraction of sp³-hybridized carbons (Fsp3) is 0.111. The number of carbonyl (C=O) groups is 2. The van der Waals surface area contributed by atoms with Gasteiger partial charge in [0.25, 0.3) is 16.0 Å². The number of amides is 2. The van der Waals surface area contributed by atoms with Gasteiger partial charge in [-0.25, -0.2) is 0 Å². The molecule has 10 heteroatoms. The van der Waals surface area contributed by atoms with Gasteiger partial charge in [0.1, 0.15) is 11.3 Å². The molecule has 2 amide bonds. The molecule has 3 N–H and O–H groups in total. The van der Waals surface area contributed by atoms with Crippen LogP contribution in [-0.2, 0) is 21.3 Å². The Labute approximate surface area is 270 Å². The zero-order valence-corrected chi connectivity index (χ0v) is 26.2. The number of hydrogen-bond donors (Lipinski definition) is 3. The topological polar surface area (TPSA) is 126 Å². The van der Waals surface area contributed by atoms with Crippen LogP contribution in [0.2, 0.25) is 0 Å². The normalized spacial score (nSPS) is 12.1. The van der Waals surface area contributed by atoms with E-state index >= 15 is 0 Å². The van der Waals surface area contributed by atoms with Gasteiger partial charge in [-0.15, -0.1) is 0 Å². The highest BCUT2D eigenvalue weighted by Crippen LogP contribution is 2.30. The summed E-state index contributed by atoms with van der Waals surface area (Å²) in [5.41, 5.74) is 6.58. The third-order valence-corrected chi connectivity index (χ3v) is 9.05. The molecular formula is C36H30N2O6S2. The standard InChI is InChI=1S/C36H30N2O6S2/c39-35(37-18-20-46(41,42)43)28-7-5-24(6-8-28)21-32(26-11-9-25(10-12-26)30-17-19-45-23-30)36(40)38-31-15-13-27(14-16-31)34-22-29-3-1-2-4-33(29)44-34/h1-17,19,22-23,32H,18,20-21H2,(H,37,39)(H,38,40)(H,41,42,43). The second-order valence-electron chi connectivity index (χ2n) is 10.8. The number of carbonyl (C=O) groups excluding carboxylic acids is 2. The molecule has 0 fully saturated rings. The lowest BCUT2D eigenvalue weighted by Crippen LogP contribution is -2.28. The van der Waals surface area contributed by atoms with Crippen molar-refractivity contribution in [2.24, 2.45) is 0 Å². The maximum absolute atomic E-state index is 13.8. The van der Waals surface area contributed by atoms with Crippen LogP contribution in [0.4, 0.5) is 5.69 Å². The predicted octanol–water partition coefficient (Wildman–Crippen LogP) is 7.41. The summed E-state index contributed by atoms with van der Waals surface area (Å²) in [5, 5.41) is 10.7. The largest absolute Gasteiger partial charge is 0.456 e. The van der Waals surface area contributed by atoms with Gasteiger partial charge in [0.2, 0.25) is 5.91 Å². The minimum absolute atomic E-state index is 0.174. The Bertz CT molecular complexity index is 2030. The van der Waals surface area contributed by atoms with E-state index in [0.29, 0.717) is 17.7 Å². The molecule has 0 spiro atoms. The second kappa shape index (κ2) is 13.5. The van der Waals surface area contributed by atoms with Crippen molar-refractivity contribution in [1.29, 1.82) is 0 Å². The van der Waals surface area contributed by atoms with Crippen molar-refractivity contribution in [3.8, 4) is 22.5 Å². The molecule has 0 radical (unpaired) electrons. The van der Waals surface area contributed by atoms with E-state index in [2.05, 4.69) is 22.1 Å². The average Bonchev–Trinajstić information content (AvgIpc) is 3.75. The number of para-hydroxylation sites is 1. The summed E-state index contributed by atoms with van der Waals surface area (Å²) < 4.78 is 36.7. The monoisotopic (exact) mass is 650 g/mol. The lowest BCUT2D eigenvalue weighted by Gasteiger charge is -2.18. The second-order valence-corrected chi connectivity index (χ2v) is 13.2. The van der Waals surface area contributed by atoms with Gasteiger partial charge in [0, 0.05) is 28.7 Å². The molecule has 6 aromatic rings. The van der Waals surface area contributed by atoms with E-state index in [4.69, 9.17) is 8.97 Å². The summed E-state index contributed by atoms with van der Waals surface area (Å²) >= 11 is 1.63. The third-order valence-electron chi connectivity index (χ3n) is 7.65. The first-order valence-electron chi connectivity index (χ1n) is 14.6. The summed E-state index contributed by atoms with van der Waals surface area (Å²) in [4.78, 5) is 26.2. The molecular weight excluding hydrogens is 621 g/mol. The van der Waals surface area contributed by atoms with Crippen LogP contribution in [0.3, 0.4) is 0 Å². The number of nitrogens with one attached hydrogen (secondary N) is 2. The predicted molar refractivity (Wildman–Crippen MR) is 182 cm³/mol. The molecule has 6 rings (SSSR count). The van der Waals surface area contributed by atoms with Crippen LogP contribution in [0, 0.1) is 0 Å². The van der Waals surface area contributed by atoms with E-state index in [9.17, 15) is 18.0 Å². The van der Waals surface area contributed by atoms with Gasteiger partial charge in [-0.05, 0) is 94.0 Å². The molecule has 0 aliphatic rings. The Morgan fingerprint density at radius 2 is 1.54 bits per heavy atom. The summed E-state index contributed by atoms with van der Waals surface area (Å²) in [6.45, 7) is -0.206. The molecule has 1 atom stereocenters. The highest BCUT2D eigenvalue weighted by Gasteiger charge is 2.22. The summed E-state index contributed by atoms with van der Waals surface area (Å²) in [5.74, 6) is -0.979. The summed E-state index contributed by atoms with van der Waals surface area (Å²) in [6, 6.07) is 34.2. The molecule has 0 saturated carbocycles. The van der Waals surface area contributed by atoms with Crippen molar-refractivity contribution < 1.29 is 27.0 Å². The molecule has 0 aliphatic carbocycles. The Kier molecular flexibility index (Phi) is 9.11. The van der Waals surface area contributed by atoms with E-state index < -0.39 is 27.7 Å². The summed E-state index contributed by atoms with van der Waals surface area (Å²) in [6.07, 6.45) is 0.380. The molecule has 46 heavy (non-hydrogen) atoms. The maximum atomic E-state index is 13.8. The fourth-order valence-corrected chi connectivity index (χ4v) is 6.22. The summed E-state index contributed by atoms with van der Waals surface area (Å²) in [7, 11) is -4.17. The van der Waals surface area contributed by atoms with Gasteiger partial charge in [-0.3, -0.25) is 14.1 Å². The van der Waals surface area contributed by atoms with Crippen molar-refractivity contribution in [3.05, 3.63) is 137 Å². The van der Waals surface area contributed by atoms with E-state index in [-0.39, 0.29) is 12.5 Å². The van der Waals surface area contributed by atoms with Crippen LogP contribution in [0.1, 0.15) is 27.4 Å². The molecule has 1 unspecified atom stereocenters. The zero-order chi connectivity index (χ0) is 32.1. The van der Waals surface area contributed by atoms with Crippen molar-refractivity contribution in [1.82, 2.24) is 5.32 Å². The van der Waals surface area contributed by atoms with Gasteiger partial charge in [-0.1, -0.05) is 54.6 Å². The van der Waals surface area contributed by atoms with E-state index in [1.165, 1.54) is 0 Å². The van der Waals surface area contributed by atoms with Crippen LogP contribution in [0.5, 0.6) is 0 Å². The first-order valence-corrected chi connectivity index (χ1v) is 17.1. The SMILES string of the molecule is O=C(NCCS(=O)(=O)O)c1ccc(CC(C(=O)Nc2ccc(-c3cc4ccccc4o3)cc2)c2ccc(-c3ccsc3)cc2)cc1. The molecule has 2 aromatic heterocycles. The van der Waals surface area contributed by atoms with Gasteiger partial charge < -0.3 is 15.1 Å². The number of anilines is 1. The van der Waals surface area contributed by atoms with E-state index in [1.54, 1.807) is 35.6 Å². The lowest BCUT2D eigenvalue weighted by molar-refractivity contribution is -0.117. The molecule has 8 nitrogen and oxygen atoms in total. The number of hydrogen-bond acceptors (Lipinski definition) is 6. The van der Waals surface area contributed by atoms with Crippen LogP contribution >= 0.6 is 11.3 Å². The fourth-order valence-electron chi connectivity index (χ4n) is 5.19. The van der Waals surface area contributed by atoms with E-state index in [1.807, 2.05) is 84.2 Å². The quantitative estimate of drug-likeness (QED) is 0.125. The van der Waals surface area contributed by atoms with Gasteiger partial charge in [0.05, 0.1) is 11.7 Å². The molecule has 4 aromatic carbocycles. The van der Waals surface area contributed by atoms with Gasteiger partial charge in [0.15, 0.2) is 0 Å². The number of fused-ring (bicyclic) bond motifs is 1. The van der Waals surface area contributed by atoms with Crippen molar-refractivity contribution in [2.45, 2.75) is 12.3 Å². The third kappa shape index (κ3) is 7.60. The molecule has 0 bridgehead atoms. The Morgan fingerprint density at radius 3 is 2.22 bits per heavy atom. The first kappa shape index (κ1) is 31.0. The van der Waals surface area contributed by atoms with Crippen LogP contribution in [-0.4, -0.2) is 37.1 Å². The van der Waals surface area contributed by atoms with Crippen LogP contribution < -0.4 is 10.6 Å². The molecule has 2 heterocycles. The number of benzene rings is 4. The first-order chi connectivity index (χ1) is 22.2. The van der Waals surface area contributed by atoms with Gasteiger partial charge >= 0.3 is 0 Å².